The molecular weight excluding hydrogens is 300 g/mol. The van der Waals surface area contributed by atoms with Gasteiger partial charge in [-0.15, -0.1) is 11.3 Å². The van der Waals surface area contributed by atoms with Crippen LogP contribution in [0.2, 0.25) is 0 Å². The maximum absolute atomic E-state index is 12.3. The van der Waals surface area contributed by atoms with Crippen LogP contribution in [0.15, 0.2) is 40.5 Å². The smallest absolute Gasteiger partial charge is 0.276 e. The summed E-state index contributed by atoms with van der Waals surface area (Å²) in [6.07, 6.45) is 3.12. The first-order valence-electron chi connectivity index (χ1n) is 6.35. The van der Waals surface area contributed by atoms with E-state index in [2.05, 4.69) is 21.4 Å². The average molecular weight is 310 g/mol. The normalized spacial score (nSPS) is 10.2. The van der Waals surface area contributed by atoms with Crippen LogP contribution in [0, 0.1) is 18.3 Å². The van der Waals surface area contributed by atoms with Crippen molar-refractivity contribution in [3.63, 3.8) is 0 Å². The molecule has 6 nitrogen and oxygen atoms in total. The Morgan fingerprint density at radius 1 is 1.50 bits per heavy atom. The number of aromatic nitrogens is 2. The molecule has 0 unspecified atom stereocenters. The van der Waals surface area contributed by atoms with E-state index in [0.717, 1.165) is 0 Å². The second-order valence-electron chi connectivity index (χ2n) is 4.40. The first-order valence-corrected chi connectivity index (χ1v) is 7.23. The maximum Gasteiger partial charge on any atom is 0.276 e. The lowest BCUT2D eigenvalue weighted by atomic mass is 10.0. The Hall–Kier alpha value is -2.98. The van der Waals surface area contributed by atoms with Crippen molar-refractivity contribution in [1.82, 2.24) is 9.97 Å². The molecule has 3 aromatic heterocycles. The number of amides is 1. The van der Waals surface area contributed by atoms with E-state index in [1.54, 1.807) is 36.7 Å². The number of nitriles is 1. The van der Waals surface area contributed by atoms with Crippen molar-refractivity contribution in [2.75, 3.05) is 5.32 Å². The van der Waals surface area contributed by atoms with Gasteiger partial charge >= 0.3 is 0 Å². The Balaban J connectivity index is 2.03. The third kappa shape index (κ3) is 2.60. The van der Waals surface area contributed by atoms with Crippen LogP contribution >= 0.6 is 11.3 Å². The molecule has 0 atom stereocenters. The molecular formula is C15H10N4O2S. The number of nitrogens with one attached hydrogen (secondary N) is 1. The highest BCUT2D eigenvalue weighted by Gasteiger charge is 2.17. The summed E-state index contributed by atoms with van der Waals surface area (Å²) in [5, 5.41) is 14.2. The Bertz CT molecular complexity index is 849. The minimum atomic E-state index is -0.379. The number of nitrogens with zero attached hydrogens (tertiary/aromatic N) is 3. The molecule has 0 aromatic carbocycles. The molecule has 0 aliphatic heterocycles. The van der Waals surface area contributed by atoms with Crippen LogP contribution in [0.4, 0.5) is 5.13 Å². The summed E-state index contributed by atoms with van der Waals surface area (Å²) in [6.45, 7) is 1.69. The second kappa shape index (κ2) is 5.79. The molecule has 0 aliphatic carbocycles. The van der Waals surface area contributed by atoms with Crippen LogP contribution < -0.4 is 5.32 Å². The lowest BCUT2D eigenvalue weighted by Gasteiger charge is -2.07. The molecule has 3 rings (SSSR count). The number of hydrogen-bond donors (Lipinski definition) is 1. The lowest BCUT2D eigenvalue weighted by Crippen LogP contribution is -2.14. The Morgan fingerprint density at radius 3 is 3.00 bits per heavy atom. The molecule has 0 saturated heterocycles. The van der Waals surface area contributed by atoms with E-state index >= 15 is 0 Å². The molecule has 1 amide bonds. The molecule has 108 valence electrons. The monoisotopic (exact) mass is 310 g/mol. The van der Waals surface area contributed by atoms with Crippen molar-refractivity contribution in [2.24, 2.45) is 0 Å². The topological polar surface area (TPSA) is 91.8 Å². The zero-order valence-electron chi connectivity index (χ0n) is 11.5. The van der Waals surface area contributed by atoms with Gasteiger partial charge in [0.1, 0.15) is 17.5 Å². The zero-order chi connectivity index (χ0) is 15.5. The molecule has 3 heterocycles. The molecule has 1 N–H and O–H groups in total. The minimum absolute atomic E-state index is 0.207. The fourth-order valence-electron chi connectivity index (χ4n) is 2.00. The fraction of sp³-hybridized carbons (Fsp3) is 0.0667. The van der Waals surface area contributed by atoms with Gasteiger partial charge in [0, 0.05) is 17.1 Å². The van der Waals surface area contributed by atoms with Crippen LogP contribution in [-0.4, -0.2) is 15.9 Å². The van der Waals surface area contributed by atoms with Crippen molar-refractivity contribution >= 4 is 22.4 Å². The summed E-state index contributed by atoms with van der Waals surface area (Å²) in [5.74, 6) is 0.140. The maximum atomic E-state index is 12.3. The largest absolute Gasteiger partial charge is 0.464 e. The first-order chi connectivity index (χ1) is 10.7. The highest BCUT2D eigenvalue weighted by Crippen LogP contribution is 2.26. The van der Waals surface area contributed by atoms with Crippen molar-refractivity contribution < 1.29 is 9.21 Å². The number of thiazole rings is 1. The Kier molecular flexibility index (Phi) is 3.68. The van der Waals surface area contributed by atoms with Crippen LogP contribution in [0.25, 0.3) is 11.3 Å². The van der Waals surface area contributed by atoms with E-state index in [0.29, 0.717) is 27.7 Å². The van der Waals surface area contributed by atoms with Crippen molar-refractivity contribution in [2.45, 2.75) is 6.92 Å². The van der Waals surface area contributed by atoms with E-state index in [1.807, 2.05) is 0 Å². The molecule has 0 radical (unpaired) electrons. The average Bonchev–Trinajstić information content (AvgIpc) is 3.19. The first kappa shape index (κ1) is 14.0. The van der Waals surface area contributed by atoms with Gasteiger partial charge in [0.05, 0.1) is 17.5 Å². The van der Waals surface area contributed by atoms with Crippen LogP contribution in [0.3, 0.4) is 0 Å². The molecule has 0 aliphatic rings. The number of anilines is 1. The predicted molar refractivity (Wildman–Crippen MR) is 81.5 cm³/mol. The van der Waals surface area contributed by atoms with Crippen LogP contribution in [-0.2, 0) is 0 Å². The molecule has 0 fully saturated rings. The van der Waals surface area contributed by atoms with E-state index < -0.39 is 0 Å². The summed E-state index contributed by atoms with van der Waals surface area (Å²) in [5.41, 5.74) is 1.61. The van der Waals surface area contributed by atoms with E-state index in [9.17, 15) is 10.1 Å². The third-order valence-electron chi connectivity index (χ3n) is 2.98. The molecule has 22 heavy (non-hydrogen) atoms. The van der Waals surface area contributed by atoms with Crippen LogP contribution in [0.1, 0.15) is 21.7 Å². The molecule has 0 spiro atoms. The minimum Gasteiger partial charge on any atom is -0.464 e. The van der Waals surface area contributed by atoms with Gasteiger partial charge in [-0.2, -0.15) is 5.26 Å². The zero-order valence-corrected chi connectivity index (χ0v) is 12.3. The van der Waals surface area contributed by atoms with Gasteiger partial charge in [-0.3, -0.25) is 10.1 Å². The summed E-state index contributed by atoms with van der Waals surface area (Å²) in [6, 6.07) is 7.11. The van der Waals surface area contributed by atoms with Gasteiger partial charge in [0.2, 0.25) is 0 Å². The molecule has 3 aromatic rings. The number of hydrogen-bond acceptors (Lipinski definition) is 6. The number of carbonyl (C=O) groups is 1. The van der Waals surface area contributed by atoms with Gasteiger partial charge in [0.15, 0.2) is 5.13 Å². The summed E-state index contributed by atoms with van der Waals surface area (Å²) >= 11 is 1.32. The standard InChI is InChI=1S/C15H10N4O2S/c1-9-11(8-16)10(13-3-2-5-21-13)7-12(18-9)14(20)19-15-17-4-6-22-15/h2-7H,1H3,(H,17,19,20). The van der Waals surface area contributed by atoms with E-state index in [4.69, 9.17) is 4.42 Å². The molecule has 7 heteroatoms. The number of aryl methyl sites for hydroxylation is 1. The quantitative estimate of drug-likeness (QED) is 0.801. The van der Waals surface area contributed by atoms with Crippen molar-refractivity contribution in [3.05, 3.63) is 53.0 Å². The van der Waals surface area contributed by atoms with Gasteiger partial charge in [-0.25, -0.2) is 9.97 Å². The Labute approximate surface area is 130 Å². The predicted octanol–water partition coefficient (Wildman–Crippen LogP) is 3.23. The second-order valence-corrected chi connectivity index (χ2v) is 5.29. The number of rotatable bonds is 3. The van der Waals surface area contributed by atoms with E-state index in [-0.39, 0.29) is 11.6 Å². The third-order valence-corrected chi connectivity index (χ3v) is 3.67. The molecule has 0 bridgehead atoms. The Morgan fingerprint density at radius 2 is 2.36 bits per heavy atom. The van der Waals surface area contributed by atoms with E-state index in [1.165, 1.54) is 17.6 Å². The van der Waals surface area contributed by atoms with Crippen LogP contribution in [0.5, 0.6) is 0 Å². The number of pyridine rings is 1. The van der Waals surface area contributed by atoms with Crippen molar-refractivity contribution in [1.29, 1.82) is 5.26 Å². The van der Waals surface area contributed by atoms with Gasteiger partial charge in [0.25, 0.3) is 5.91 Å². The van der Waals surface area contributed by atoms with Gasteiger partial charge in [-0.05, 0) is 25.1 Å². The number of furan rings is 1. The summed E-state index contributed by atoms with van der Waals surface area (Å²) in [4.78, 5) is 20.5. The highest BCUT2D eigenvalue weighted by atomic mass is 32.1. The summed E-state index contributed by atoms with van der Waals surface area (Å²) in [7, 11) is 0. The molecule has 0 saturated carbocycles. The highest BCUT2D eigenvalue weighted by molar-refractivity contribution is 7.13. The van der Waals surface area contributed by atoms with Crippen molar-refractivity contribution in [3.8, 4) is 17.4 Å². The fourth-order valence-corrected chi connectivity index (χ4v) is 2.53. The van der Waals surface area contributed by atoms with Gasteiger partial charge < -0.3 is 4.42 Å². The number of carbonyl (C=O) groups excluding carboxylic acids is 1. The summed E-state index contributed by atoms with van der Waals surface area (Å²) < 4.78 is 5.34. The SMILES string of the molecule is Cc1nc(C(=O)Nc2nccs2)cc(-c2ccco2)c1C#N. The lowest BCUT2D eigenvalue weighted by molar-refractivity contribution is 0.102. The van der Waals surface area contributed by atoms with Gasteiger partial charge in [-0.1, -0.05) is 0 Å².